The van der Waals surface area contributed by atoms with Gasteiger partial charge in [0.1, 0.15) is 9.84 Å². The maximum Gasteiger partial charge on any atom is 0.148 e. The highest BCUT2D eigenvalue weighted by atomic mass is 32.2. The molecule has 0 saturated carbocycles. The van der Waals surface area contributed by atoms with E-state index in [0.29, 0.717) is 12.6 Å². The van der Waals surface area contributed by atoms with Gasteiger partial charge < -0.3 is 15.0 Å². The molecule has 0 amide bonds. The molecule has 6 heteroatoms. The van der Waals surface area contributed by atoms with E-state index in [2.05, 4.69) is 12.2 Å². The Labute approximate surface area is 117 Å². The van der Waals surface area contributed by atoms with Crippen molar-refractivity contribution in [3.8, 4) is 0 Å². The highest BCUT2D eigenvalue weighted by molar-refractivity contribution is 7.90. The molecule has 0 aromatic carbocycles. The van der Waals surface area contributed by atoms with Crippen LogP contribution < -0.4 is 5.32 Å². The molecule has 1 rings (SSSR count). The lowest BCUT2D eigenvalue weighted by molar-refractivity contribution is 0.0289. The highest BCUT2D eigenvalue weighted by Gasteiger charge is 2.25. The highest BCUT2D eigenvalue weighted by Crippen LogP contribution is 2.19. The van der Waals surface area contributed by atoms with Crippen LogP contribution in [0.5, 0.6) is 0 Å². The maximum atomic E-state index is 11.1. The molecule has 0 spiro atoms. The second-order valence-corrected chi connectivity index (χ2v) is 7.81. The summed E-state index contributed by atoms with van der Waals surface area (Å²) >= 11 is 0. The van der Waals surface area contributed by atoms with Gasteiger partial charge in [0.25, 0.3) is 0 Å². The quantitative estimate of drug-likeness (QED) is 0.628. The SMILES string of the molecule is CCCNCC1CCC(CN(C)CCS(C)(=O)=O)O1. The van der Waals surface area contributed by atoms with Gasteiger partial charge in [0.05, 0.1) is 18.0 Å². The number of hydrogen-bond donors (Lipinski definition) is 1. The Morgan fingerprint density at radius 2 is 2.00 bits per heavy atom. The second kappa shape index (κ2) is 8.19. The van der Waals surface area contributed by atoms with Crippen molar-refractivity contribution in [1.29, 1.82) is 0 Å². The van der Waals surface area contributed by atoms with Crippen molar-refractivity contribution < 1.29 is 13.2 Å². The molecule has 1 aliphatic heterocycles. The van der Waals surface area contributed by atoms with Crippen LogP contribution in [-0.2, 0) is 14.6 Å². The zero-order chi connectivity index (χ0) is 14.3. The van der Waals surface area contributed by atoms with Gasteiger partial charge in [-0.15, -0.1) is 0 Å². The van der Waals surface area contributed by atoms with Gasteiger partial charge in [-0.2, -0.15) is 0 Å². The Hall–Kier alpha value is -0.170. The monoisotopic (exact) mass is 292 g/mol. The van der Waals surface area contributed by atoms with Gasteiger partial charge in [-0.05, 0) is 32.9 Å². The summed E-state index contributed by atoms with van der Waals surface area (Å²) in [5.41, 5.74) is 0. The number of nitrogens with one attached hydrogen (secondary N) is 1. The van der Waals surface area contributed by atoms with Gasteiger partial charge in [0.15, 0.2) is 0 Å². The number of hydrogen-bond acceptors (Lipinski definition) is 5. The van der Waals surface area contributed by atoms with E-state index in [1.165, 1.54) is 6.26 Å². The molecule has 1 fully saturated rings. The van der Waals surface area contributed by atoms with E-state index >= 15 is 0 Å². The van der Waals surface area contributed by atoms with Gasteiger partial charge >= 0.3 is 0 Å². The van der Waals surface area contributed by atoms with E-state index in [1.807, 2.05) is 11.9 Å². The average Bonchev–Trinajstić information content (AvgIpc) is 2.74. The molecule has 1 aliphatic rings. The van der Waals surface area contributed by atoms with Crippen LogP contribution in [-0.4, -0.2) is 70.8 Å². The van der Waals surface area contributed by atoms with Crippen LogP contribution in [0, 0.1) is 0 Å². The minimum absolute atomic E-state index is 0.220. The summed E-state index contributed by atoms with van der Waals surface area (Å²) in [7, 11) is -0.915. The topological polar surface area (TPSA) is 58.6 Å². The molecule has 0 aliphatic carbocycles. The summed E-state index contributed by atoms with van der Waals surface area (Å²) in [5.74, 6) is 0.220. The summed E-state index contributed by atoms with van der Waals surface area (Å²) in [5, 5.41) is 3.38. The Balaban J connectivity index is 2.17. The van der Waals surface area contributed by atoms with Crippen LogP contribution in [0.1, 0.15) is 26.2 Å². The summed E-state index contributed by atoms with van der Waals surface area (Å²) in [4.78, 5) is 2.05. The molecular formula is C13H28N2O3S. The van der Waals surface area contributed by atoms with Gasteiger partial charge in [-0.3, -0.25) is 0 Å². The first-order chi connectivity index (χ1) is 8.90. The fourth-order valence-corrected chi connectivity index (χ4v) is 2.91. The third kappa shape index (κ3) is 7.87. The minimum atomic E-state index is -2.87. The van der Waals surface area contributed by atoms with Gasteiger partial charge in [-0.25, -0.2) is 8.42 Å². The molecule has 1 saturated heterocycles. The summed E-state index contributed by atoms with van der Waals surface area (Å²) < 4.78 is 28.2. The molecular weight excluding hydrogens is 264 g/mol. The largest absolute Gasteiger partial charge is 0.372 e. The van der Waals surface area contributed by atoms with Crippen LogP contribution in [0.25, 0.3) is 0 Å². The van der Waals surface area contributed by atoms with Gasteiger partial charge in [0.2, 0.25) is 0 Å². The molecule has 0 radical (unpaired) electrons. The van der Waals surface area contributed by atoms with Crippen molar-refractivity contribution >= 4 is 9.84 Å². The standard InChI is InChI=1S/C13H28N2O3S/c1-4-7-14-10-12-5-6-13(18-12)11-15(2)8-9-19(3,16)17/h12-14H,4-11H2,1-3H3. The number of likely N-dealkylation sites (N-methyl/N-ethyl adjacent to an activating group) is 1. The summed E-state index contributed by atoms with van der Waals surface area (Å²) in [6.45, 7) is 5.52. The van der Waals surface area contributed by atoms with E-state index in [9.17, 15) is 8.42 Å². The van der Waals surface area contributed by atoms with E-state index < -0.39 is 9.84 Å². The van der Waals surface area contributed by atoms with E-state index in [-0.39, 0.29) is 11.9 Å². The van der Waals surface area contributed by atoms with Crippen LogP contribution in [0.3, 0.4) is 0 Å². The molecule has 0 bridgehead atoms. The lowest BCUT2D eigenvalue weighted by Crippen LogP contribution is -2.34. The predicted octanol–water partition coefficient (Wildman–Crippen LogP) is 0.510. The Morgan fingerprint density at radius 3 is 2.63 bits per heavy atom. The number of sulfone groups is 1. The molecule has 114 valence electrons. The average molecular weight is 292 g/mol. The van der Waals surface area contributed by atoms with Crippen LogP contribution in [0.4, 0.5) is 0 Å². The van der Waals surface area contributed by atoms with E-state index in [4.69, 9.17) is 4.74 Å². The number of nitrogens with zero attached hydrogens (tertiary/aromatic N) is 1. The normalized spacial score (nSPS) is 24.2. The molecule has 2 atom stereocenters. The fourth-order valence-electron chi connectivity index (χ4n) is 2.26. The van der Waals surface area contributed by atoms with Crippen molar-refractivity contribution in [2.24, 2.45) is 0 Å². The summed E-state index contributed by atoms with van der Waals surface area (Å²) in [6, 6.07) is 0. The molecule has 0 aromatic rings. The lowest BCUT2D eigenvalue weighted by atomic mass is 10.2. The van der Waals surface area contributed by atoms with Crippen molar-refractivity contribution in [3.63, 3.8) is 0 Å². The van der Waals surface area contributed by atoms with Crippen molar-refractivity contribution in [2.45, 2.75) is 38.4 Å². The first kappa shape index (κ1) is 16.9. The first-order valence-corrected chi connectivity index (χ1v) is 9.19. The fraction of sp³-hybridized carbons (Fsp3) is 1.00. The Bertz CT molecular complexity index is 346. The summed E-state index contributed by atoms with van der Waals surface area (Å²) in [6.07, 6.45) is 5.16. The van der Waals surface area contributed by atoms with Crippen molar-refractivity contribution in [1.82, 2.24) is 10.2 Å². The minimum Gasteiger partial charge on any atom is -0.372 e. The number of ether oxygens (including phenoxy) is 1. The van der Waals surface area contributed by atoms with Crippen molar-refractivity contribution in [3.05, 3.63) is 0 Å². The van der Waals surface area contributed by atoms with Crippen molar-refractivity contribution in [2.75, 3.05) is 45.2 Å². The van der Waals surface area contributed by atoms with Gasteiger partial charge in [0, 0.05) is 25.9 Å². The first-order valence-electron chi connectivity index (χ1n) is 7.13. The van der Waals surface area contributed by atoms with E-state index in [0.717, 1.165) is 38.9 Å². The predicted molar refractivity (Wildman–Crippen MR) is 78.3 cm³/mol. The molecule has 1 heterocycles. The van der Waals surface area contributed by atoms with E-state index in [1.54, 1.807) is 0 Å². The number of rotatable bonds is 9. The van der Waals surface area contributed by atoms with Crippen LogP contribution in [0.15, 0.2) is 0 Å². The molecule has 19 heavy (non-hydrogen) atoms. The lowest BCUT2D eigenvalue weighted by Gasteiger charge is -2.21. The van der Waals surface area contributed by atoms with Crippen LogP contribution >= 0.6 is 0 Å². The third-order valence-corrected chi connectivity index (χ3v) is 4.28. The zero-order valence-corrected chi connectivity index (χ0v) is 13.2. The molecule has 5 nitrogen and oxygen atoms in total. The second-order valence-electron chi connectivity index (χ2n) is 5.55. The smallest absolute Gasteiger partial charge is 0.148 e. The van der Waals surface area contributed by atoms with Crippen LogP contribution in [0.2, 0.25) is 0 Å². The zero-order valence-electron chi connectivity index (χ0n) is 12.4. The maximum absolute atomic E-state index is 11.1. The molecule has 0 aromatic heterocycles. The Morgan fingerprint density at radius 1 is 1.32 bits per heavy atom. The van der Waals surface area contributed by atoms with Gasteiger partial charge in [-0.1, -0.05) is 6.92 Å². The Kier molecular flexibility index (Phi) is 7.28. The molecule has 1 N–H and O–H groups in total. The third-order valence-electron chi connectivity index (χ3n) is 3.35. The molecule has 2 unspecified atom stereocenters.